The summed E-state index contributed by atoms with van der Waals surface area (Å²) < 4.78 is 2.12. The number of para-hydroxylation sites is 1. The first kappa shape index (κ1) is 23.9. The molecule has 3 aromatic rings. The van der Waals surface area contributed by atoms with Crippen LogP contribution in [0.2, 0.25) is 0 Å². The zero-order valence-electron chi connectivity index (χ0n) is 20.8. The van der Waals surface area contributed by atoms with Crippen molar-refractivity contribution in [2.24, 2.45) is 0 Å². The normalized spacial score (nSPS) is 15.8. The number of thiophene rings is 1. The first-order valence-corrected chi connectivity index (χ1v) is 13.3. The molecule has 2 aliphatic rings. The number of hydrogen-bond donors (Lipinski definition) is 0. The third kappa shape index (κ3) is 4.32. The van der Waals surface area contributed by atoms with E-state index in [1.807, 2.05) is 38.1 Å². The zero-order valence-corrected chi connectivity index (χ0v) is 21.6. The summed E-state index contributed by atoms with van der Waals surface area (Å²) >= 11 is 1.71. The van der Waals surface area contributed by atoms with Gasteiger partial charge in [0.25, 0.3) is 5.91 Å². The van der Waals surface area contributed by atoms with Crippen molar-refractivity contribution in [1.82, 2.24) is 9.47 Å². The Morgan fingerprint density at radius 2 is 1.75 bits per heavy atom. The second kappa shape index (κ2) is 10.0. The molecule has 1 saturated heterocycles. The van der Waals surface area contributed by atoms with Crippen LogP contribution in [0.5, 0.6) is 0 Å². The monoisotopic (exact) mass is 495 g/mol. The molecule has 182 valence electrons. The summed E-state index contributed by atoms with van der Waals surface area (Å²) in [6.07, 6.45) is 6.01. The topological polar surface area (TPSA) is 76.1 Å². The minimum Gasteiger partial charge on any atom is -0.368 e. The summed E-state index contributed by atoms with van der Waals surface area (Å²) in [5.41, 5.74) is 6.06. The molecule has 6 nitrogen and oxygen atoms in total. The summed E-state index contributed by atoms with van der Waals surface area (Å²) in [6, 6.07) is 16.8. The molecule has 5 rings (SSSR count). The first-order chi connectivity index (χ1) is 17.5. The van der Waals surface area contributed by atoms with Crippen molar-refractivity contribution in [3.63, 3.8) is 0 Å². The molecule has 1 amide bonds. The summed E-state index contributed by atoms with van der Waals surface area (Å²) in [4.78, 5) is 18.6. The predicted octanol–water partition coefficient (Wildman–Crippen LogP) is 5.16. The van der Waals surface area contributed by atoms with Crippen molar-refractivity contribution in [2.45, 2.75) is 39.5 Å². The molecule has 2 aromatic heterocycles. The molecule has 0 spiro atoms. The van der Waals surface area contributed by atoms with Gasteiger partial charge in [0, 0.05) is 48.1 Å². The van der Waals surface area contributed by atoms with Gasteiger partial charge < -0.3 is 14.4 Å². The number of rotatable bonds is 4. The number of piperazine rings is 1. The van der Waals surface area contributed by atoms with Crippen LogP contribution in [-0.4, -0.2) is 41.6 Å². The van der Waals surface area contributed by atoms with Crippen molar-refractivity contribution in [3.8, 4) is 17.1 Å². The Morgan fingerprint density at radius 1 is 1.03 bits per heavy atom. The van der Waals surface area contributed by atoms with Gasteiger partial charge in [-0.05, 0) is 74.9 Å². The molecule has 1 aliphatic carbocycles. The Balaban J connectivity index is 1.39. The quantitative estimate of drug-likeness (QED) is 0.370. The van der Waals surface area contributed by atoms with Crippen LogP contribution < -0.4 is 4.90 Å². The summed E-state index contributed by atoms with van der Waals surface area (Å²) in [5.74, 6) is -0.223. The number of aromatic nitrogens is 1. The number of fused-ring (bicyclic) bond motifs is 1. The van der Waals surface area contributed by atoms with Gasteiger partial charge in [0.15, 0.2) is 0 Å². The summed E-state index contributed by atoms with van der Waals surface area (Å²) in [5, 5.41) is 20.8. The third-order valence-corrected chi connectivity index (χ3v) is 8.55. The van der Waals surface area contributed by atoms with Crippen LogP contribution in [0.15, 0.2) is 42.0 Å². The number of carbonyl (C=O) groups is 1. The van der Waals surface area contributed by atoms with Crippen LogP contribution in [0, 0.1) is 36.5 Å². The van der Waals surface area contributed by atoms with Gasteiger partial charge in [-0.3, -0.25) is 4.79 Å². The number of anilines is 1. The molecule has 3 heterocycles. The van der Waals surface area contributed by atoms with Crippen LogP contribution in [0.25, 0.3) is 11.1 Å². The molecule has 1 aromatic carbocycles. The van der Waals surface area contributed by atoms with Gasteiger partial charge in [-0.1, -0.05) is 18.2 Å². The van der Waals surface area contributed by atoms with Crippen molar-refractivity contribution >= 4 is 29.0 Å². The van der Waals surface area contributed by atoms with Gasteiger partial charge in [0.2, 0.25) is 0 Å². The highest BCUT2D eigenvalue weighted by atomic mass is 32.1. The van der Waals surface area contributed by atoms with E-state index >= 15 is 0 Å². The lowest BCUT2D eigenvalue weighted by Crippen LogP contribution is -2.49. The first-order valence-electron chi connectivity index (χ1n) is 12.5. The van der Waals surface area contributed by atoms with Gasteiger partial charge in [0.05, 0.1) is 5.56 Å². The fourth-order valence-electron chi connectivity index (χ4n) is 5.34. The SMILES string of the molecule is Cc1cc(/C=C(/C#N)C(=O)N2CCN(c3ccccc3)CC2)c(C)n1-c1sc2c(c1C#N)CCCC2. The van der Waals surface area contributed by atoms with E-state index in [2.05, 4.69) is 33.7 Å². The molecular weight excluding hydrogens is 466 g/mol. The predicted molar refractivity (Wildman–Crippen MR) is 143 cm³/mol. The number of amides is 1. The molecule has 1 aliphatic heterocycles. The van der Waals surface area contributed by atoms with E-state index in [1.165, 1.54) is 16.9 Å². The van der Waals surface area contributed by atoms with Crippen LogP contribution in [0.4, 0.5) is 5.69 Å². The molecule has 36 heavy (non-hydrogen) atoms. The van der Waals surface area contributed by atoms with Gasteiger partial charge >= 0.3 is 0 Å². The van der Waals surface area contributed by atoms with Gasteiger partial charge in [0.1, 0.15) is 22.7 Å². The number of aryl methyl sites for hydroxylation is 2. The van der Waals surface area contributed by atoms with E-state index in [0.29, 0.717) is 13.1 Å². The highest BCUT2D eigenvalue weighted by Crippen LogP contribution is 2.38. The number of benzene rings is 1. The maximum absolute atomic E-state index is 13.3. The Kier molecular flexibility index (Phi) is 6.67. The Labute approximate surface area is 216 Å². The molecule has 0 unspecified atom stereocenters. The van der Waals surface area contributed by atoms with E-state index in [1.54, 1.807) is 22.3 Å². The largest absolute Gasteiger partial charge is 0.368 e. The van der Waals surface area contributed by atoms with Gasteiger partial charge in [-0.2, -0.15) is 10.5 Å². The van der Waals surface area contributed by atoms with Crippen LogP contribution in [0.1, 0.15) is 45.8 Å². The highest BCUT2D eigenvalue weighted by molar-refractivity contribution is 7.15. The van der Waals surface area contributed by atoms with Crippen LogP contribution >= 0.6 is 11.3 Å². The number of nitrogens with zero attached hydrogens (tertiary/aromatic N) is 5. The molecule has 1 fully saturated rings. The number of nitriles is 2. The summed E-state index contributed by atoms with van der Waals surface area (Å²) in [7, 11) is 0. The minimum atomic E-state index is -0.223. The van der Waals surface area contributed by atoms with Crippen molar-refractivity contribution in [3.05, 3.63) is 74.9 Å². The molecule has 0 saturated carbocycles. The third-order valence-electron chi connectivity index (χ3n) is 7.28. The fourth-order valence-corrected chi connectivity index (χ4v) is 6.79. The lowest BCUT2D eigenvalue weighted by molar-refractivity contribution is -0.126. The Bertz CT molecular complexity index is 1410. The lowest BCUT2D eigenvalue weighted by atomic mass is 9.96. The Morgan fingerprint density at radius 3 is 2.44 bits per heavy atom. The molecule has 0 atom stereocenters. The molecule has 0 bridgehead atoms. The Hall–Kier alpha value is -3.81. The van der Waals surface area contributed by atoms with Crippen LogP contribution in [0.3, 0.4) is 0 Å². The van der Waals surface area contributed by atoms with Gasteiger partial charge in [-0.15, -0.1) is 11.3 Å². The van der Waals surface area contributed by atoms with Crippen LogP contribution in [-0.2, 0) is 17.6 Å². The molecule has 0 radical (unpaired) electrons. The van der Waals surface area contributed by atoms with Gasteiger partial charge in [-0.25, -0.2) is 0 Å². The zero-order chi connectivity index (χ0) is 25.2. The summed E-state index contributed by atoms with van der Waals surface area (Å²) in [6.45, 7) is 6.65. The van der Waals surface area contributed by atoms with E-state index in [0.717, 1.165) is 65.6 Å². The number of carbonyl (C=O) groups excluding carboxylic acids is 1. The van der Waals surface area contributed by atoms with E-state index < -0.39 is 0 Å². The molecule has 0 N–H and O–H groups in total. The maximum atomic E-state index is 13.3. The fraction of sp³-hybridized carbons (Fsp3) is 0.345. The second-order valence-corrected chi connectivity index (χ2v) is 10.5. The highest BCUT2D eigenvalue weighted by Gasteiger charge is 2.26. The molecule has 7 heteroatoms. The van der Waals surface area contributed by atoms with Crippen molar-refractivity contribution in [1.29, 1.82) is 10.5 Å². The van der Waals surface area contributed by atoms with Crippen molar-refractivity contribution in [2.75, 3.05) is 31.1 Å². The maximum Gasteiger partial charge on any atom is 0.264 e. The van der Waals surface area contributed by atoms with Crippen molar-refractivity contribution < 1.29 is 4.79 Å². The van der Waals surface area contributed by atoms with E-state index in [4.69, 9.17) is 0 Å². The van der Waals surface area contributed by atoms with E-state index in [9.17, 15) is 15.3 Å². The average molecular weight is 496 g/mol. The standard InChI is InChI=1S/C29H29N5OS/c1-20-16-22(21(2)34(20)29-26(19-31)25-10-6-7-11-27(25)36-29)17-23(18-30)28(35)33-14-12-32(13-15-33)24-8-4-3-5-9-24/h3-5,8-9,16-17H,6-7,10-15H2,1-2H3/b23-17-. The molecular formula is C29H29N5OS. The second-order valence-electron chi connectivity index (χ2n) is 9.45. The number of hydrogen-bond acceptors (Lipinski definition) is 5. The minimum absolute atomic E-state index is 0.148. The average Bonchev–Trinajstić information content (AvgIpc) is 3.42. The van der Waals surface area contributed by atoms with E-state index in [-0.39, 0.29) is 11.5 Å². The lowest BCUT2D eigenvalue weighted by Gasteiger charge is -2.36. The smallest absolute Gasteiger partial charge is 0.264 e.